The first-order valence-corrected chi connectivity index (χ1v) is 5.38. The Morgan fingerprint density at radius 3 is 2.88 bits per heavy atom. The summed E-state index contributed by atoms with van der Waals surface area (Å²) < 4.78 is 6.13. The van der Waals surface area contributed by atoms with Crippen LogP contribution in [0.2, 0.25) is 0 Å². The van der Waals surface area contributed by atoms with Crippen LogP contribution in [-0.2, 0) is 0 Å². The molecule has 16 heavy (non-hydrogen) atoms. The zero-order chi connectivity index (χ0) is 11.5. The van der Waals surface area contributed by atoms with Crippen LogP contribution in [0.5, 0.6) is 5.75 Å². The van der Waals surface area contributed by atoms with Crippen molar-refractivity contribution in [2.24, 2.45) is 0 Å². The standard InChI is InChI=1S/C11H9BrN2O2/c1-16-10-3-2-7(12)4-8(10)9-5-11(15)14-6-13-9/h2-6H,1H3,(H,13,14,15). The van der Waals surface area contributed by atoms with E-state index in [2.05, 4.69) is 25.9 Å². The molecule has 0 aliphatic carbocycles. The van der Waals surface area contributed by atoms with Gasteiger partial charge in [0.25, 0.3) is 5.56 Å². The number of benzene rings is 1. The minimum absolute atomic E-state index is 0.188. The lowest BCUT2D eigenvalue weighted by molar-refractivity contribution is 0.416. The maximum absolute atomic E-state index is 11.2. The molecule has 0 radical (unpaired) electrons. The number of hydrogen-bond acceptors (Lipinski definition) is 3. The van der Waals surface area contributed by atoms with E-state index in [1.54, 1.807) is 7.11 Å². The highest BCUT2D eigenvalue weighted by Crippen LogP contribution is 2.30. The molecule has 82 valence electrons. The van der Waals surface area contributed by atoms with Crippen molar-refractivity contribution in [1.82, 2.24) is 9.97 Å². The minimum atomic E-state index is -0.188. The van der Waals surface area contributed by atoms with Gasteiger partial charge in [0.2, 0.25) is 0 Å². The van der Waals surface area contributed by atoms with Gasteiger partial charge in [-0.15, -0.1) is 0 Å². The molecule has 0 unspecified atom stereocenters. The van der Waals surface area contributed by atoms with Gasteiger partial charge in [0.05, 0.1) is 19.1 Å². The normalized spacial score (nSPS) is 10.1. The smallest absolute Gasteiger partial charge is 0.251 e. The molecule has 0 fully saturated rings. The first-order valence-electron chi connectivity index (χ1n) is 4.59. The van der Waals surface area contributed by atoms with Gasteiger partial charge in [0.15, 0.2) is 0 Å². The van der Waals surface area contributed by atoms with E-state index in [0.717, 1.165) is 10.0 Å². The largest absolute Gasteiger partial charge is 0.496 e. The predicted molar refractivity (Wildman–Crippen MR) is 64.5 cm³/mol. The monoisotopic (exact) mass is 280 g/mol. The molecule has 2 aromatic rings. The first-order chi connectivity index (χ1) is 7.70. The zero-order valence-corrected chi connectivity index (χ0v) is 10.1. The van der Waals surface area contributed by atoms with Crippen LogP contribution in [0.3, 0.4) is 0 Å². The van der Waals surface area contributed by atoms with Crippen LogP contribution in [-0.4, -0.2) is 17.1 Å². The molecule has 0 saturated carbocycles. The van der Waals surface area contributed by atoms with Gasteiger partial charge < -0.3 is 9.72 Å². The third-order valence-corrected chi connectivity index (χ3v) is 2.61. The molecule has 4 nitrogen and oxygen atoms in total. The fourth-order valence-corrected chi connectivity index (χ4v) is 1.76. The number of aromatic amines is 1. The molecule has 0 amide bonds. The van der Waals surface area contributed by atoms with Gasteiger partial charge in [0.1, 0.15) is 5.75 Å². The molecule has 1 heterocycles. The lowest BCUT2D eigenvalue weighted by Gasteiger charge is -2.07. The minimum Gasteiger partial charge on any atom is -0.496 e. The number of hydrogen-bond donors (Lipinski definition) is 1. The molecule has 0 spiro atoms. The second-order valence-electron chi connectivity index (χ2n) is 3.14. The second kappa shape index (κ2) is 4.49. The van der Waals surface area contributed by atoms with E-state index in [1.807, 2.05) is 18.2 Å². The molecule has 0 saturated heterocycles. The van der Waals surface area contributed by atoms with Crippen LogP contribution < -0.4 is 10.3 Å². The Bertz CT molecular complexity index is 566. The zero-order valence-electron chi connectivity index (χ0n) is 8.53. The summed E-state index contributed by atoms with van der Waals surface area (Å²) in [6, 6.07) is 6.99. The average molecular weight is 281 g/mol. The summed E-state index contributed by atoms with van der Waals surface area (Å²) in [5.41, 5.74) is 1.18. The van der Waals surface area contributed by atoms with Gasteiger partial charge in [-0.1, -0.05) is 15.9 Å². The number of H-pyrrole nitrogens is 1. The summed E-state index contributed by atoms with van der Waals surface area (Å²) in [4.78, 5) is 17.8. The van der Waals surface area contributed by atoms with Crippen molar-refractivity contribution in [3.8, 4) is 17.0 Å². The van der Waals surface area contributed by atoms with Crippen LogP contribution in [0.15, 0.2) is 39.9 Å². The Morgan fingerprint density at radius 1 is 1.38 bits per heavy atom. The molecule has 5 heteroatoms. The van der Waals surface area contributed by atoms with E-state index in [9.17, 15) is 4.79 Å². The molecule has 2 rings (SSSR count). The van der Waals surface area contributed by atoms with Crippen LogP contribution >= 0.6 is 15.9 Å². The van der Waals surface area contributed by atoms with E-state index < -0.39 is 0 Å². The maximum atomic E-state index is 11.2. The highest BCUT2D eigenvalue weighted by atomic mass is 79.9. The highest BCUT2D eigenvalue weighted by molar-refractivity contribution is 9.10. The van der Waals surface area contributed by atoms with Crippen LogP contribution in [0.1, 0.15) is 0 Å². The fraction of sp³-hybridized carbons (Fsp3) is 0.0909. The molecular weight excluding hydrogens is 272 g/mol. The first kappa shape index (κ1) is 10.9. The van der Waals surface area contributed by atoms with E-state index in [0.29, 0.717) is 11.4 Å². The van der Waals surface area contributed by atoms with E-state index >= 15 is 0 Å². The SMILES string of the molecule is COc1ccc(Br)cc1-c1cc(=O)[nH]cn1. The second-order valence-corrected chi connectivity index (χ2v) is 4.06. The number of aromatic nitrogens is 2. The summed E-state index contributed by atoms with van der Waals surface area (Å²) in [6.07, 6.45) is 1.37. The van der Waals surface area contributed by atoms with E-state index in [4.69, 9.17) is 4.74 Å². The maximum Gasteiger partial charge on any atom is 0.251 e. The van der Waals surface area contributed by atoms with Crippen molar-refractivity contribution in [3.05, 3.63) is 45.4 Å². The number of methoxy groups -OCH3 is 1. The van der Waals surface area contributed by atoms with E-state index in [-0.39, 0.29) is 5.56 Å². The molecule has 1 N–H and O–H groups in total. The van der Waals surface area contributed by atoms with Gasteiger partial charge >= 0.3 is 0 Å². The average Bonchev–Trinajstić information content (AvgIpc) is 2.29. The van der Waals surface area contributed by atoms with Crippen molar-refractivity contribution >= 4 is 15.9 Å². The molecule has 0 bridgehead atoms. The summed E-state index contributed by atoms with van der Waals surface area (Å²) in [7, 11) is 1.58. The van der Waals surface area contributed by atoms with Crippen molar-refractivity contribution in [2.45, 2.75) is 0 Å². The van der Waals surface area contributed by atoms with Gasteiger partial charge in [0, 0.05) is 16.1 Å². The molecule has 0 atom stereocenters. The lowest BCUT2D eigenvalue weighted by atomic mass is 10.1. The van der Waals surface area contributed by atoms with Gasteiger partial charge in [-0.05, 0) is 18.2 Å². The summed E-state index contributed by atoms with van der Waals surface area (Å²) in [6.45, 7) is 0. The van der Waals surface area contributed by atoms with Crippen molar-refractivity contribution in [3.63, 3.8) is 0 Å². The van der Waals surface area contributed by atoms with Crippen molar-refractivity contribution < 1.29 is 4.74 Å². The third kappa shape index (κ3) is 2.14. The van der Waals surface area contributed by atoms with Gasteiger partial charge in [-0.25, -0.2) is 4.98 Å². The number of nitrogens with zero attached hydrogens (tertiary/aromatic N) is 1. The van der Waals surface area contributed by atoms with Gasteiger partial charge in [-0.2, -0.15) is 0 Å². The number of nitrogens with one attached hydrogen (secondary N) is 1. The Balaban J connectivity index is 2.62. The quantitative estimate of drug-likeness (QED) is 0.918. The van der Waals surface area contributed by atoms with Crippen molar-refractivity contribution in [2.75, 3.05) is 7.11 Å². The Labute approximate surface area is 100 Å². The Kier molecular flexibility index (Phi) is 3.05. The summed E-state index contributed by atoms with van der Waals surface area (Å²) in [5.74, 6) is 0.682. The molecule has 0 aliphatic rings. The van der Waals surface area contributed by atoms with Gasteiger partial charge in [-0.3, -0.25) is 4.79 Å². The lowest BCUT2D eigenvalue weighted by Crippen LogP contribution is -2.04. The van der Waals surface area contributed by atoms with Crippen LogP contribution in [0.4, 0.5) is 0 Å². The topological polar surface area (TPSA) is 55.0 Å². The van der Waals surface area contributed by atoms with Crippen LogP contribution in [0, 0.1) is 0 Å². The van der Waals surface area contributed by atoms with E-state index in [1.165, 1.54) is 12.4 Å². The molecule has 1 aromatic carbocycles. The summed E-state index contributed by atoms with van der Waals surface area (Å²) in [5, 5.41) is 0. The molecular formula is C11H9BrN2O2. The fourth-order valence-electron chi connectivity index (χ4n) is 1.40. The highest BCUT2D eigenvalue weighted by Gasteiger charge is 2.07. The number of ether oxygens (including phenoxy) is 1. The summed E-state index contributed by atoms with van der Waals surface area (Å²) >= 11 is 3.37. The Morgan fingerprint density at radius 2 is 2.19 bits per heavy atom. The number of halogens is 1. The Hall–Kier alpha value is -1.62. The molecule has 0 aliphatic heterocycles. The third-order valence-electron chi connectivity index (χ3n) is 2.12. The van der Waals surface area contributed by atoms with Crippen molar-refractivity contribution in [1.29, 1.82) is 0 Å². The number of rotatable bonds is 2. The molecule has 1 aromatic heterocycles. The van der Waals surface area contributed by atoms with Crippen LogP contribution in [0.25, 0.3) is 11.3 Å². The predicted octanol–water partition coefficient (Wildman–Crippen LogP) is 2.21.